The number of hydrogen-bond donors (Lipinski definition) is 1. The van der Waals surface area contributed by atoms with Crippen LogP contribution in [0.4, 0.5) is 0 Å². The van der Waals surface area contributed by atoms with Crippen LogP contribution in [0, 0.1) is 5.41 Å². The Hall–Kier alpha value is -0.870. The molecule has 1 aliphatic heterocycles. The van der Waals surface area contributed by atoms with Gasteiger partial charge in [-0.3, -0.25) is 4.90 Å². The number of imidazole rings is 1. The molecular weight excluding hydrogens is 212 g/mol. The van der Waals surface area contributed by atoms with Crippen LogP contribution in [0.15, 0.2) is 12.4 Å². The lowest BCUT2D eigenvalue weighted by molar-refractivity contribution is 0.117. The molecule has 2 N–H and O–H groups in total. The van der Waals surface area contributed by atoms with Crippen LogP contribution in [0.3, 0.4) is 0 Å². The van der Waals surface area contributed by atoms with Crippen LogP contribution < -0.4 is 5.73 Å². The van der Waals surface area contributed by atoms with Crippen LogP contribution in [-0.2, 0) is 13.1 Å². The van der Waals surface area contributed by atoms with Crippen LogP contribution in [0.2, 0.25) is 0 Å². The Morgan fingerprint density at radius 2 is 2.12 bits per heavy atom. The van der Waals surface area contributed by atoms with Crippen LogP contribution in [-0.4, -0.2) is 34.1 Å². The van der Waals surface area contributed by atoms with Crippen LogP contribution >= 0.6 is 0 Å². The highest BCUT2D eigenvalue weighted by Crippen LogP contribution is 2.27. The molecule has 4 nitrogen and oxygen atoms in total. The second-order valence-electron chi connectivity index (χ2n) is 5.16. The second-order valence-corrected chi connectivity index (χ2v) is 5.16. The average Bonchev–Trinajstić information content (AvgIpc) is 2.83. The van der Waals surface area contributed by atoms with Crippen molar-refractivity contribution in [1.29, 1.82) is 0 Å². The van der Waals surface area contributed by atoms with E-state index in [1.807, 2.05) is 6.20 Å². The molecule has 17 heavy (non-hydrogen) atoms. The lowest BCUT2D eigenvalue weighted by Crippen LogP contribution is -2.44. The zero-order valence-corrected chi connectivity index (χ0v) is 11.0. The van der Waals surface area contributed by atoms with Crippen LogP contribution in [0.5, 0.6) is 0 Å². The molecule has 0 radical (unpaired) electrons. The molecule has 0 aliphatic carbocycles. The van der Waals surface area contributed by atoms with Gasteiger partial charge in [0.25, 0.3) is 0 Å². The topological polar surface area (TPSA) is 47.1 Å². The maximum Gasteiger partial charge on any atom is 0.122 e. The fraction of sp³-hybridized carbons (Fsp3) is 0.769. The van der Waals surface area contributed by atoms with E-state index in [1.165, 1.54) is 5.82 Å². The first kappa shape index (κ1) is 12.6. The van der Waals surface area contributed by atoms with Crippen molar-refractivity contribution in [1.82, 2.24) is 14.5 Å². The minimum absolute atomic E-state index is 0.286. The van der Waals surface area contributed by atoms with E-state index in [0.29, 0.717) is 0 Å². The Morgan fingerprint density at radius 3 is 2.76 bits per heavy atom. The second kappa shape index (κ2) is 5.19. The summed E-state index contributed by atoms with van der Waals surface area (Å²) in [4.78, 5) is 6.91. The SMILES string of the molecule is CCC(CC)(CN)CN1CCn2ccnc2C1. The van der Waals surface area contributed by atoms with Gasteiger partial charge in [-0.05, 0) is 24.8 Å². The Labute approximate surface area is 104 Å². The third-order valence-corrected chi connectivity index (χ3v) is 4.32. The van der Waals surface area contributed by atoms with E-state index in [9.17, 15) is 0 Å². The van der Waals surface area contributed by atoms with Crippen molar-refractivity contribution in [2.75, 3.05) is 19.6 Å². The zero-order valence-electron chi connectivity index (χ0n) is 11.0. The Kier molecular flexibility index (Phi) is 3.84. The maximum atomic E-state index is 5.97. The lowest BCUT2D eigenvalue weighted by atomic mass is 9.82. The van der Waals surface area contributed by atoms with Crippen LogP contribution in [0.1, 0.15) is 32.5 Å². The third kappa shape index (κ3) is 2.53. The predicted octanol–water partition coefficient (Wildman–Crippen LogP) is 1.46. The van der Waals surface area contributed by atoms with E-state index in [-0.39, 0.29) is 5.41 Å². The number of hydrogen-bond acceptors (Lipinski definition) is 3. The van der Waals surface area contributed by atoms with Crippen LogP contribution in [0.25, 0.3) is 0 Å². The molecule has 0 bridgehead atoms. The summed E-state index contributed by atoms with van der Waals surface area (Å²) in [5, 5.41) is 0. The highest BCUT2D eigenvalue weighted by atomic mass is 15.2. The summed E-state index contributed by atoms with van der Waals surface area (Å²) in [7, 11) is 0. The maximum absolute atomic E-state index is 5.97. The number of rotatable bonds is 5. The molecule has 96 valence electrons. The summed E-state index contributed by atoms with van der Waals surface area (Å²) < 4.78 is 2.25. The molecule has 1 aliphatic rings. The first-order valence-corrected chi connectivity index (χ1v) is 6.65. The third-order valence-electron chi connectivity index (χ3n) is 4.32. The van der Waals surface area contributed by atoms with Crippen molar-refractivity contribution in [2.45, 2.75) is 39.8 Å². The van der Waals surface area contributed by atoms with Gasteiger partial charge in [0.15, 0.2) is 0 Å². The predicted molar refractivity (Wildman–Crippen MR) is 69.6 cm³/mol. The standard InChI is InChI=1S/C13H24N4/c1-3-13(4-2,10-14)11-16-7-8-17-6-5-15-12(17)9-16/h5-6H,3-4,7-11,14H2,1-2H3. The van der Waals surface area contributed by atoms with Gasteiger partial charge >= 0.3 is 0 Å². The number of nitrogens with two attached hydrogens (primary N) is 1. The largest absolute Gasteiger partial charge is 0.333 e. The first-order chi connectivity index (χ1) is 8.23. The molecule has 0 amide bonds. The lowest BCUT2D eigenvalue weighted by Gasteiger charge is -2.38. The van der Waals surface area contributed by atoms with Gasteiger partial charge in [0, 0.05) is 32.0 Å². The Bertz CT molecular complexity index is 346. The molecule has 2 rings (SSSR count). The zero-order chi connectivity index (χ0) is 12.3. The number of aromatic nitrogens is 2. The summed E-state index contributed by atoms with van der Waals surface area (Å²) >= 11 is 0. The molecule has 0 saturated carbocycles. The van der Waals surface area contributed by atoms with Gasteiger partial charge in [0.2, 0.25) is 0 Å². The summed E-state index contributed by atoms with van der Waals surface area (Å²) in [6.45, 7) is 9.53. The summed E-state index contributed by atoms with van der Waals surface area (Å²) in [6.07, 6.45) is 6.28. The first-order valence-electron chi connectivity index (χ1n) is 6.65. The van der Waals surface area contributed by atoms with Gasteiger partial charge in [-0.2, -0.15) is 0 Å². The molecule has 0 aromatic carbocycles. The van der Waals surface area contributed by atoms with Crippen molar-refractivity contribution in [2.24, 2.45) is 11.1 Å². The number of fused-ring (bicyclic) bond motifs is 1. The van der Waals surface area contributed by atoms with E-state index in [0.717, 1.165) is 45.6 Å². The van der Waals surface area contributed by atoms with Crippen molar-refractivity contribution >= 4 is 0 Å². The smallest absolute Gasteiger partial charge is 0.122 e. The Balaban J connectivity index is 2.01. The van der Waals surface area contributed by atoms with Crippen molar-refractivity contribution in [3.8, 4) is 0 Å². The summed E-state index contributed by atoms with van der Waals surface area (Å²) in [6, 6.07) is 0. The molecule has 2 heterocycles. The average molecular weight is 236 g/mol. The highest BCUT2D eigenvalue weighted by molar-refractivity contribution is 4.96. The molecule has 0 atom stereocenters. The number of nitrogens with zero attached hydrogens (tertiary/aromatic N) is 3. The van der Waals surface area contributed by atoms with E-state index in [1.54, 1.807) is 0 Å². The van der Waals surface area contributed by atoms with Gasteiger partial charge in [0.05, 0.1) is 6.54 Å². The molecule has 1 aromatic rings. The normalized spacial score (nSPS) is 17.1. The Morgan fingerprint density at radius 1 is 1.35 bits per heavy atom. The van der Waals surface area contributed by atoms with E-state index in [4.69, 9.17) is 5.73 Å². The van der Waals surface area contributed by atoms with Gasteiger partial charge in [-0.25, -0.2) is 4.98 Å². The molecule has 4 heteroatoms. The van der Waals surface area contributed by atoms with Crippen molar-refractivity contribution in [3.05, 3.63) is 18.2 Å². The molecule has 1 aromatic heterocycles. The van der Waals surface area contributed by atoms with E-state index >= 15 is 0 Å². The molecule has 0 unspecified atom stereocenters. The fourth-order valence-electron chi connectivity index (χ4n) is 2.66. The van der Waals surface area contributed by atoms with E-state index < -0.39 is 0 Å². The summed E-state index contributed by atoms with van der Waals surface area (Å²) in [5.74, 6) is 1.19. The highest BCUT2D eigenvalue weighted by Gasteiger charge is 2.29. The molecular formula is C13H24N4. The van der Waals surface area contributed by atoms with Crippen molar-refractivity contribution < 1.29 is 0 Å². The molecule has 0 spiro atoms. The molecule has 0 saturated heterocycles. The van der Waals surface area contributed by atoms with Crippen molar-refractivity contribution in [3.63, 3.8) is 0 Å². The summed E-state index contributed by atoms with van der Waals surface area (Å²) in [5.41, 5.74) is 6.26. The van der Waals surface area contributed by atoms with Gasteiger partial charge in [-0.15, -0.1) is 0 Å². The quantitative estimate of drug-likeness (QED) is 0.842. The van der Waals surface area contributed by atoms with Gasteiger partial charge in [-0.1, -0.05) is 13.8 Å². The molecule has 0 fully saturated rings. The van der Waals surface area contributed by atoms with Gasteiger partial charge in [0.1, 0.15) is 5.82 Å². The monoisotopic (exact) mass is 236 g/mol. The minimum atomic E-state index is 0.286. The fourth-order valence-corrected chi connectivity index (χ4v) is 2.66. The van der Waals surface area contributed by atoms with E-state index in [2.05, 4.69) is 34.5 Å². The van der Waals surface area contributed by atoms with Gasteiger partial charge < -0.3 is 10.3 Å². The minimum Gasteiger partial charge on any atom is -0.333 e.